The van der Waals surface area contributed by atoms with E-state index in [1.807, 2.05) is 6.07 Å². The summed E-state index contributed by atoms with van der Waals surface area (Å²) in [5.41, 5.74) is 4.25. The fourth-order valence-corrected chi connectivity index (χ4v) is 6.26. The second-order valence-corrected chi connectivity index (χ2v) is 14.0. The van der Waals surface area contributed by atoms with E-state index in [-0.39, 0.29) is 24.0 Å². The van der Waals surface area contributed by atoms with Crippen molar-refractivity contribution in [3.05, 3.63) is 48.0 Å². The van der Waals surface area contributed by atoms with E-state index < -0.39 is 44.9 Å². The molecule has 3 aromatic heterocycles. The van der Waals surface area contributed by atoms with Gasteiger partial charge in [0, 0.05) is 26.0 Å². The monoisotopic (exact) mass is 745 g/mol. The molecule has 52 heavy (non-hydrogen) atoms. The minimum absolute atomic E-state index is 0.00976. The Balaban J connectivity index is 1.51. The Morgan fingerprint density at radius 3 is 2.21 bits per heavy atom. The van der Waals surface area contributed by atoms with Crippen molar-refractivity contribution in [3.8, 4) is 18.0 Å². The van der Waals surface area contributed by atoms with Crippen LogP contribution < -0.4 is 10.5 Å². The third-order valence-electron chi connectivity index (χ3n) is 8.61. The highest BCUT2D eigenvalue weighted by Gasteiger charge is 2.46. The molecule has 0 bridgehead atoms. The summed E-state index contributed by atoms with van der Waals surface area (Å²) in [5.74, 6) is 0.259. The number of aliphatic hydroxyl groups excluding tert-OH is 2. The van der Waals surface area contributed by atoms with E-state index in [2.05, 4.69) is 22.0 Å². The van der Waals surface area contributed by atoms with Crippen molar-refractivity contribution < 1.29 is 42.9 Å². The molecular formula is C35H52N7O9P. The lowest BCUT2D eigenvalue weighted by atomic mass is 9.93. The normalized spacial score (nSPS) is 15.6. The highest BCUT2D eigenvalue weighted by Crippen LogP contribution is 2.45. The zero-order chi connectivity index (χ0) is 37.8. The summed E-state index contributed by atoms with van der Waals surface area (Å²) in [6.07, 6.45) is 12.3. The van der Waals surface area contributed by atoms with Crippen molar-refractivity contribution in [1.82, 2.24) is 19.6 Å². The number of rotatable bonds is 27. The fourth-order valence-electron chi connectivity index (χ4n) is 5.48. The number of aromatic nitrogens is 4. The summed E-state index contributed by atoms with van der Waals surface area (Å²) in [7, 11) is -3.83. The molecule has 3 rings (SSSR count). The van der Waals surface area contributed by atoms with E-state index in [0.29, 0.717) is 17.7 Å². The van der Waals surface area contributed by atoms with Gasteiger partial charge < -0.3 is 35.1 Å². The van der Waals surface area contributed by atoms with Crippen molar-refractivity contribution >= 4 is 19.2 Å². The van der Waals surface area contributed by atoms with Gasteiger partial charge in [-0.05, 0) is 24.6 Å². The molecule has 0 aromatic carbocycles. The van der Waals surface area contributed by atoms with Crippen LogP contribution in [0, 0.1) is 22.7 Å². The van der Waals surface area contributed by atoms with Gasteiger partial charge in [-0.1, -0.05) is 77.6 Å². The topological polar surface area (TPSA) is 241 Å². The molecule has 2 unspecified atom stereocenters. The van der Waals surface area contributed by atoms with Crippen LogP contribution in [-0.2, 0) is 23.1 Å². The third-order valence-corrected chi connectivity index (χ3v) is 9.54. The van der Waals surface area contributed by atoms with Crippen molar-refractivity contribution in [2.24, 2.45) is 0 Å². The van der Waals surface area contributed by atoms with E-state index in [0.717, 1.165) is 32.7 Å². The van der Waals surface area contributed by atoms with Gasteiger partial charge in [-0.3, -0.25) is 9.05 Å². The number of nitrogens with zero attached hydrogens (tertiary/aromatic N) is 6. The van der Waals surface area contributed by atoms with E-state index in [9.17, 15) is 24.9 Å². The summed E-state index contributed by atoms with van der Waals surface area (Å²) in [5, 5.41) is 45.1. The molecule has 5 N–H and O–H groups in total. The van der Waals surface area contributed by atoms with Crippen molar-refractivity contribution in [2.45, 2.75) is 108 Å². The lowest BCUT2D eigenvalue weighted by Crippen LogP contribution is -2.50. The average molecular weight is 746 g/mol. The number of nitrogen functional groups attached to an aromatic ring is 1. The zero-order valence-electron chi connectivity index (χ0n) is 30.0. The molecule has 0 radical (unpaired) electrons. The summed E-state index contributed by atoms with van der Waals surface area (Å²) in [6.45, 7) is 1.21. The van der Waals surface area contributed by atoms with Crippen LogP contribution in [0.25, 0.3) is 5.52 Å². The van der Waals surface area contributed by atoms with Gasteiger partial charge in [0.1, 0.15) is 48.9 Å². The van der Waals surface area contributed by atoms with Crippen molar-refractivity contribution in [1.29, 1.82) is 10.5 Å². The Hall–Kier alpha value is -3.70. The number of anilines is 1. The molecule has 0 fully saturated rings. The summed E-state index contributed by atoms with van der Waals surface area (Å²) >= 11 is 0. The van der Waals surface area contributed by atoms with E-state index in [1.54, 1.807) is 6.07 Å². The second kappa shape index (κ2) is 22.4. The lowest BCUT2D eigenvalue weighted by molar-refractivity contribution is -0.134. The molecule has 0 saturated heterocycles. The molecule has 0 saturated carbocycles. The predicted octanol–water partition coefficient (Wildman–Crippen LogP) is 5.18. The van der Waals surface area contributed by atoms with E-state index >= 15 is 0 Å². The van der Waals surface area contributed by atoms with Gasteiger partial charge in [-0.15, -0.1) is 0 Å². The smallest absolute Gasteiger partial charge is 0.469 e. The Bertz CT molecular complexity index is 1610. The number of phosphoric acid groups is 1. The number of ether oxygens (including phenoxy) is 3. The number of hydrogen-bond acceptors (Lipinski definition) is 14. The predicted molar refractivity (Wildman–Crippen MR) is 191 cm³/mol. The number of phosphoric ester groups is 1. The number of nitrogens with two attached hydrogens (primary N) is 1. The maximum Gasteiger partial charge on any atom is 0.472 e. The minimum atomic E-state index is -4.90. The molecule has 16 nitrogen and oxygen atoms in total. The zero-order valence-corrected chi connectivity index (χ0v) is 30.9. The summed E-state index contributed by atoms with van der Waals surface area (Å²) in [6, 6.07) is 9.63. The lowest BCUT2D eigenvalue weighted by Gasteiger charge is -2.33. The van der Waals surface area contributed by atoms with Gasteiger partial charge in [0.25, 0.3) is 0 Å². The molecular weight excluding hydrogens is 693 g/mol. The molecule has 0 aliphatic carbocycles. The van der Waals surface area contributed by atoms with Crippen LogP contribution in [0.2, 0.25) is 0 Å². The number of fused-ring (bicyclic) bond motifs is 1. The van der Waals surface area contributed by atoms with Gasteiger partial charge >= 0.3 is 7.82 Å². The molecule has 3 aromatic rings. The Morgan fingerprint density at radius 2 is 1.62 bits per heavy atom. The van der Waals surface area contributed by atoms with Gasteiger partial charge in [0.2, 0.25) is 11.5 Å². The number of nitriles is 2. The van der Waals surface area contributed by atoms with E-state index in [4.69, 9.17) is 34.3 Å². The molecule has 3 heterocycles. The first-order valence-corrected chi connectivity index (χ1v) is 19.2. The largest absolute Gasteiger partial charge is 0.472 e. The SMILES string of the molecule is CCCCCCCCCCCCCCOC[C@H](COP(=O)(O)OCC(C#N)(OC)[C@@H](O)[C@@H](O)c1ccc2c(N)ncnn12)Oc1ccc(C#N)cn1. The standard InChI is InChI=1S/C35H52N7O9P/c1-3-4-5-6-7-8-9-10-11-12-13-14-19-48-22-28(51-31-18-15-27(20-36)21-39-31)23-49-52(45,46)50-25-35(24-37,47-2)33(44)32(43)29-16-17-30-34(38)40-26-41-42(29)30/h15-18,21,26,28,32-33,43-44H,3-14,19,22-23,25H2,1-2H3,(H,45,46)(H2,38,40,41)/t28-,32+,33+,35?/m1/s1. The van der Waals surface area contributed by atoms with Gasteiger partial charge in [0.15, 0.2) is 5.82 Å². The molecule has 0 aliphatic rings. The summed E-state index contributed by atoms with van der Waals surface area (Å²) in [4.78, 5) is 18.5. The molecule has 0 spiro atoms. The van der Waals surface area contributed by atoms with Crippen LogP contribution in [0.3, 0.4) is 0 Å². The first-order valence-electron chi connectivity index (χ1n) is 17.7. The van der Waals surface area contributed by atoms with Crippen LogP contribution in [0.1, 0.15) is 101 Å². The van der Waals surface area contributed by atoms with Gasteiger partial charge in [0.05, 0.1) is 24.5 Å². The first-order chi connectivity index (χ1) is 25.1. The maximum absolute atomic E-state index is 13.0. The molecule has 17 heteroatoms. The minimum Gasteiger partial charge on any atom is -0.469 e. The highest BCUT2D eigenvalue weighted by molar-refractivity contribution is 7.47. The molecule has 5 atom stereocenters. The van der Waals surface area contributed by atoms with Crippen LogP contribution in [0.4, 0.5) is 5.82 Å². The molecule has 286 valence electrons. The molecule has 0 amide bonds. The number of aliphatic hydroxyl groups is 2. The van der Waals surface area contributed by atoms with Crippen LogP contribution >= 0.6 is 7.82 Å². The fraction of sp³-hybridized carbons (Fsp3) is 0.629. The van der Waals surface area contributed by atoms with Crippen LogP contribution in [0.15, 0.2) is 36.8 Å². The summed E-state index contributed by atoms with van der Waals surface area (Å²) < 4.78 is 41.4. The number of pyridine rings is 1. The van der Waals surface area contributed by atoms with Crippen LogP contribution in [0.5, 0.6) is 5.88 Å². The van der Waals surface area contributed by atoms with Gasteiger partial charge in [-0.2, -0.15) is 15.6 Å². The van der Waals surface area contributed by atoms with Crippen molar-refractivity contribution in [2.75, 3.05) is 39.3 Å². The average Bonchev–Trinajstić information content (AvgIpc) is 3.60. The third kappa shape index (κ3) is 13.4. The molecule has 0 aliphatic heterocycles. The number of methoxy groups -OCH3 is 1. The quantitative estimate of drug-likeness (QED) is 0.0580. The maximum atomic E-state index is 13.0. The first kappa shape index (κ1) is 42.7. The van der Waals surface area contributed by atoms with Gasteiger partial charge in [-0.25, -0.2) is 19.0 Å². The van der Waals surface area contributed by atoms with Crippen molar-refractivity contribution in [3.63, 3.8) is 0 Å². The van der Waals surface area contributed by atoms with E-state index in [1.165, 1.54) is 92.8 Å². The number of unbranched alkanes of at least 4 members (excludes halogenated alkanes) is 11. The second-order valence-electron chi connectivity index (χ2n) is 12.5. The highest BCUT2D eigenvalue weighted by atomic mass is 31.2. The number of hydrogen-bond donors (Lipinski definition) is 4. The Morgan fingerprint density at radius 1 is 0.942 bits per heavy atom. The Labute approximate surface area is 305 Å². The van der Waals surface area contributed by atoms with Crippen LogP contribution in [-0.4, -0.2) is 86.0 Å². The Kier molecular flexibility index (Phi) is 18.4.